The van der Waals surface area contributed by atoms with Crippen LogP contribution in [0.1, 0.15) is 65.9 Å². The molecule has 0 bridgehead atoms. The van der Waals surface area contributed by atoms with Crippen molar-refractivity contribution in [3.05, 3.63) is 59.4 Å². The number of benzene rings is 1. The zero-order chi connectivity index (χ0) is 23.9. The maximum Gasteiger partial charge on any atom is 0.255 e. The minimum absolute atomic E-state index is 0.128. The molecule has 3 aliphatic heterocycles. The van der Waals surface area contributed by atoms with E-state index in [0.29, 0.717) is 30.5 Å². The van der Waals surface area contributed by atoms with Crippen molar-refractivity contribution in [1.82, 2.24) is 20.1 Å². The van der Waals surface area contributed by atoms with Gasteiger partial charge in [0.15, 0.2) is 0 Å². The fraction of sp³-hybridized carbons (Fsp3) is 0.481. The lowest BCUT2D eigenvalue weighted by atomic mass is 9.84. The highest BCUT2D eigenvalue weighted by Gasteiger charge is 2.41. The van der Waals surface area contributed by atoms with Crippen LogP contribution >= 0.6 is 0 Å². The Morgan fingerprint density at radius 1 is 0.971 bits per heavy atom. The molecule has 8 nitrogen and oxygen atoms in total. The number of carbonyl (C=O) groups is 3. The molecule has 1 N–H and O–H groups in total. The number of carbonyl (C=O) groups excluding carboxylic acids is 3. The van der Waals surface area contributed by atoms with E-state index in [9.17, 15) is 14.4 Å². The second-order valence-electron chi connectivity index (χ2n) is 10.2. The number of hydrogen-bond acceptors (Lipinski definition) is 6. The fourth-order valence-electron chi connectivity index (χ4n) is 6.06. The van der Waals surface area contributed by atoms with E-state index in [-0.39, 0.29) is 30.2 Å². The summed E-state index contributed by atoms with van der Waals surface area (Å²) in [5.74, 6) is 0.528. The summed E-state index contributed by atoms with van der Waals surface area (Å²) in [4.78, 5) is 45.0. The molecule has 0 spiro atoms. The summed E-state index contributed by atoms with van der Waals surface area (Å²) in [6.45, 7) is 2.47. The van der Waals surface area contributed by atoms with Crippen molar-refractivity contribution in [2.75, 3.05) is 13.1 Å². The van der Waals surface area contributed by atoms with Crippen molar-refractivity contribution in [1.29, 1.82) is 0 Å². The molecule has 8 heteroatoms. The van der Waals surface area contributed by atoms with Crippen LogP contribution in [0.25, 0.3) is 0 Å². The van der Waals surface area contributed by atoms with Gasteiger partial charge in [-0.3, -0.25) is 29.6 Å². The summed E-state index contributed by atoms with van der Waals surface area (Å²) in [6.07, 6.45) is 9.04. The van der Waals surface area contributed by atoms with Crippen LogP contribution < -0.4 is 10.1 Å². The second-order valence-corrected chi connectivity index (χ2v) is 10.2. The van der Waals surface area contributed by atoms with Gasteiger partial charge in [-0.05, 0) is 67.1 Å². The molecule has 2 saturated heterocycles. The number of amides is 3. The van der Waals surface area contributed by atoms with Crippen LogP contribution in [0, 0.1) is 0 Å². The van der Waals surface area contributed by atoms with Crippen molar-refractivity contribution < 1.29 is 19.1 Å². The highest BCUT2D eigenvalue weighted by atomic mass is 16.5. The average Bonchev–Trinajstić information content (AvgIpc) is 3.15. The number of pyridine rings is 1. The van der Waals surface area contributed by atoms with Crippen LogP contribution in [0.3, 0.4) is 0 Å². The molecule has 0 radical (unpaired) electrons. The normalized spacial score (nSPS) is 27.4. The zero-order valence-electron chi connectivity index (χ0n) is 19.7. The Kier molecular flexibility index (Phi) is 5.76. The Hall–Kier alpha value is -3.26. The molecule has 35 heavy (non-hydrogen) atoms. The molecule has 2 aromatic rings. The number of ether oxygens (including phenoxy) is 1. The molecule has 3 amide bonds. The first-order valence-electron chi connectivity index (χ1n) is 12.6. The predicted molar refractivity (Wildman–Crippen MR) is 128 cm³/mol. The monoisotopic (exact) mass is 474 g/mol. The first-order chi connectivity index (χ1) is 17.1. The van der Waals surface area contributed by atoms with Crippen LogP contribution in [0.15, 0.2) is 42.7 Å². The summed E-state index contributed by atoms with van der Waals surface area (Å²) in [5.41, 5.74) is 2.85. The van der Waals surface area contributed by atoms with Gasteiger partial charge < -0.3 is 9.64 Å². The molecule has 1 aliphatic carbocycles. The topological polar surface area (TPSA) is 91.8 Å². The smallest absolute Gasteiger partial charge is 0.255 e. The van der Waals surface area contributed by atoms with Crippen LogP contribution in [0.5, 0.6) is 5.75 Å². The summed E-state index contributed by atoms with van der Waals surface area (Å²) >= 11 is 0. The minimum atomic E-state index is -0.598. The van der Waals surface area contributed by atoms with Crippen molar-refractivity contribution in [2.24, 2.45) is 0 Å². The molecule has 3 fully saturated rings. The first-order valence-corrected chi connectivity index (χ1v) is 12.6. The van der Waals surface area contributed by atoms with Gasteiger partial charge in [0, 0.05) is 56.0 Å². The van der Waals surface area contributed by atoms with E-state index in [1.165, 1.54) is 12.0 Å². The van der Waals surface area contributed by atoms with E-state index in [1.54, 1.807) is 4.90 Å². The minimum Gasteiger partial charge on any atom is -0.489 e. The molecule has 4 heterocycles. The van der Waals surface area contributed by atoms with Gasteiger partial charge >= 0.3 is 0 Å². The Balaban J connectivity index is 1.12. The second kappa shape index (κ2) is 9.07. The molecular formula is C27H30N4O4. The van der Waals surface area contributed by atoms with Crippen molar-refractivity contribution in [3.8, 4) is 5.75 Å². The Morgan fingerprint density at radius 3 is 2.57 bits per heavy atom. The molecule has 6 rings (SSSR count). The van der Waals surface area contributed by atoms with E-state index in [1.807, 2.05) is 30.6 Å². The van der Waals surface area contributed by atoms with Gasteiger partial charge in [-0.2, -0.15) is 0 Å². The Labute approximate surface area is 204 Å². The van der Waals surface area contributed by atoms with Crippen molar-refractivity contribution in [2.45, 2.75) is 69.2 Å². The Morgan fingerprint density at radius 2 is 1.77 bits per heavy atom. The maximum absolute atomic E-state index is 13.0. The number of nitrogens with one attached hydrogen (secondary N) is 1. The SMILES string of the molecule is O=C1CC[C@H](N2Cc3cc(O[C@@H]4CCCC[C@H]4N4CC(c5ccncc5)C4)ccc3C2=O)C(=O)N1. The fourth-order valence-corrected chi connectivity index (χ4v) is 6.06. The third kappa shape index (κ3) is 4.20. The Bertz CT molecular complexity index is 1150. The first kappa shape index (κ1) is 22.2. The van der Waals surface area contributed by atoms with E-state index in [2.05, 4.69) is 27.3 Å². The number of fused-ring (bicyclic) bond motifs is 1. The van der Waals surface area contributed by atoms with E-state index < -0.39 is 6.04 Å². The molecule has 182 valence electrons. The molecule has 4 aliphatic rings. The standard InChI is InChI=1S/C27H30N4O4/c32-25-8-7-23(26(33)29-25)31-16-18-13-20(5-6-21(18)27(31)34)35-24-4-2-1-3-22(24)30-14-19(15-30)17-9-11-28-12-10-17/h5-6,9-13,19,22-24H,1-4,7-8,14-16H2,(H,29,32,33)/t22-,23+,24-/m1/s1. The molecular weight excluding hydrogens is 444 g/mol. The summed E-state index contributed by atoms with van der Waals surface area (Å²) < 4.78 is 6.54. The van der Waals surface area contributed by atoms with Crippen LogP contribution in [0.2, 0.25) is 0 Å². The zero-order valence-corrected chi connectivity index (χ0v) is 19.7. The van der Waals surface area contributed by atoms with Crippen LogP contribution in [0.4, 0.5) is 0 Å². The van der Waals surface area contributed by atoms with Gasteiger partial charge in [0.05, 0.1) is 0 Å². The average molecular weight is 475 g/mol. The van der Waals surface area contributed by atoms with E-state index in [4.69, 9.17) is 4.74 Å². The number of rotatable bonds is 5. The van der Waals surface area contributed by atoms with Crippen molar-refractivity contribution >= 4 is 17.7 Å². The highest BCUT2D eigenvalue weighted by Crippen LogP contribution is 2.36. The number of imide groups is 1. The third-order valence-corrected chi connectivity index (χ3v) is 8.01. The molecule has 1 aromatic heterocycles. The quantitative estimate of drug-likeness (QED) is 0.670. The third-order valence-electron chi connectivity index (χ3n) is 8.01. The van der Waals surface area contributed by atoms with Gasteiger partial charge in [-0.1, -0.05) is 6.42 Å². The number of aromatic nitrogens is 1. The number of hydrogen-bond donors (Lipinski definition) is 1. The summed E-state index contributed by atoms with van der Waals surface area (Å²) in [5, 5.41) is 2.35. The summed E-state index contributed by atoms with van der Waals surface area (Å²) in [6, 6.07) is 9.69. The number of nitrogens with zero attached hydrogens (tertiary/aromatic N) is 3. The molecule has 3 atom stereocenters. The van der Waals surface area contributed by atoms with E-state index in [0.717, 1.165) is 43.7 Å². The lowest BCUT2D eigenvalue weighted by Gasteiger charge is -2.48. The van der Waals surface area contributed by atoms with Gasteiger partial charge in [0.25, 0.3) is 5.91 Å². The number of piperidine rings is 1. The van der Waals surface area contributed by atoms with Gasteiger partial charge in [-0.15, -0.1) is 0 Å². The summed E-state index contributed by atoms with van der Waals surface area (Å²) in [7, 11) is 0. The van der Waals surface area contributed by atoms with Crippen LogP contribution in [-0.4, -0.2) is 63.8 Å². The largest absolute Gasteiger partial charge is 0.489 e. The highest BCUT2D eigenvalue weighted by molar-refractivity contribution is 6.05. The lowest BCUT2D eigenvalue weighted by molar-refractivity contribution is -0.136. The van der Waals surface area contributed by atoms with Gasteiger partial charge in [0.1, 0.15) is 17.9 Å². The van der Waals surface area contributed by atoms with E-state index >= 15 is 0 Å². The van der Waals surface area contributed by atoms with Crippen molar-refractivity contribution in [3.63, 3.8) is 0 Å². The van der Waals surface area contributed by atoms with Gasteiger partial charge in [-0.25, -0.2) is 0 Å². The molecule has 1 saturated carbocycles. The lowest BCUT2D eigenvalue weighted by Crippen LogP contribution is -2.57. The van der Waals surface area contributed by atoms with Crippen LogP contribution in [-0.2, 0) is 16.1 Å². The molecule has 0 unspecified atom stereocenters. The predicted octanol–water partition coefficient (Wildman–Crippen LogP) is 2.63. The maximum atomic E-state index is 13.0. The number of likely N-dealkylation sites (tertiary alicyclic amines) is 1. The molecule has 1 aromatic carbocycles. The van der Waals surface area contributed by atoms with Gasteiger partial charge in [0.2, 0.25) is 11.8 Å².